The van der Waals surface area contributed by atoms with E-state index in [-0.39, 0.29) is 18.7 Å². The number of ether oxygens (including phenoxy) is 1. The van der Waals surface area contributed by atoms with Gasteiger partial charge in [0, 0.05) is 18.6 Å². The van der Waals surface area contributed by atoms with E-state index < -0.39 is 21.7 Å². The summed E-state index contributed by atoms with van der Waals surface area (Å²) < 4.78 is 30.6. The molecule has 7 heteroatoms. The fraction of sp³-hybridized carbons (Fsp3) is 0.917. The van der Waals surface area contributed by atoms with E-state index in [2.05, 4.69) is 0 Å². The summed E-state index contributed by atoms with van der Waals surface area (Å²) in [6.07, 6.45) is 3.18. The second kappa shape index (κ2) is 7.21. The molecule has 0 aliphatic heterocycles. The van der Waals surface area contributed by atoms with Crippen LogP contribution in [0.5, 0.6) is 0 Å². The molecule has 1 saturated carbocycles. The molecule has 112 valence electrons. The van der Waals surface area contributed by atoms with E-state index in [0.717, 1.165) is 25.7 Å². The summed E-state index contributed by atoms with van der Waals surface area (Å²) in [5.74, 6) is -1.26. The number of nitrogens with zero attached hydrogens (tertiary/aromatic N) is 1. The lowest BCUT2D eigenvalue weighted by atomic mass is 9.92. The molecule has 1 rings (SSSR count). The van der Waals surface area contributed by atoms with Crippen molar-refractivity contribution < 1.29 is 17.9 Å². The predicted molar refractivity (Wildman–Crippen MR) is 73.0 cm³/mol. The lowest BCUT2D eigenvalue weighted by molar-refractivity contribution is -0.140. The average molecular weight is 292 g/mol. The summed E-state index contributed by atoms with van der Waals surface area (Å²) in [6.45, 7) is 4.02. The molecule has 0 aromatic carbocycles. The SMILES string of the molecule is CCOC(=O)CS(=O)(=O)N(CC)C1CCC(N)CC1. The van der Waals surface area contributed by atoms with Crippen LogP contribution >= 0.6 is 0 Å². The van der Waals surface area contributed by atoms with Crippen molar-refractivity contribution in [2.24, 2.45) is 5.73 Å². The standard InChI is InChI=1S/C12H24N2O4S/c1-3-14(11-7-5-10(13)6-8-11)19(16,17)9-12(15)18-4-2/h10-11H,3-9,13H2,1-2H3. The zero-order valence-electron chi connectivity index (χ0n) is 11.7. The smallest absolute Gasteiger partial charge is 0.322 e. The molecule has 6 nitrogen and oxygen atoms in total. The van der Waals surface area contributed by atoms with Crippen molar-refractivity contribution >= 4 is 16.0 Å². The van der Waals surface area contributed by atoms with Gasteiger partial charge in [-0.15, -0.1) is 0 Å². The maximum atomic E-state index is 12.2. The third-order valence-corrected chi connectivity index (χ3v) is 5.29. The van der Waals surface area contributed by atoms with Crippen molar-refractivity contribution in [3.63, 3.8) is 0 Å². The van der Waals surface area contributed by atoms with Crippen molar-refractivity contribution in [3.05, 3.63) is 0 Å². The van der Waals surface area contributed by atoms with Crippen molar-refractivity contribution in [2.75, 3.05) is 18.9 Å². The minimum Gasteiger partial charge on any atom is -0.465 e. The van der Waals surface area contributed by atoms with Crippen molar-refractivity contribution in [2.45, 2.75) is 51.6 Å². The lowest BCUT2D eigenvalue weighted by Gasteiger charge is -2.34. The normalized spacial score (nSPS) is 24.4. The Morgan fingerprint density at radius 3 is 2.32 bits per heavy atom. The zero-order valence-corrected chi connectivity index (χ0v) is 12.5. The summed E-state index contributed by atoms with van der Waals surface area (Å²) in [5.41, 5.74) is 5.83. The first-order valence-corrected chi connectivity index (χ1v) is 8.42. The first-order valence-electron chi connectivity index (χ1n) is 6.81. The number of hydrogen-bond acceptors (Lipinski definition) is 5. The molecule has 0 unspecified atom stereocenters. The molecule has 0 radical (unpaired) electrons. The molecule has 19 heavy (non-hydrogen) atoms. The Morgan fingerprint density at radius 1 is 1.26 bits per heavy atom. The summed E-state index contributed by atoms with van der Waals surface area (Å²) in [4.78, 5) is 11.4. The highest BCUT2D eigenvalue weighted by molar-refractivity contribution is 7.89. The number of esters is 1. The van der Waals surface area contributed by atoms with Gasteiger partial charge in [-0.1, -0.05) is 6.92 Å². The van der Waals surface area contributed by atoms with Gasteiger partial charge in [-0.3, -0.25) is 4.79 Å². The average Bonchev–Trinajstić information content (AvgIpc) is 2.31. The Bertz CT molecular complexity index is 389. The molecule has 0 amide bonds. The van der Waals surface area contributed by atoms with Crippen LogP contribution in [0.15, 0.2) is 0 Å². The van der Waals surface area contributed by atoms with Crippen molar-refractivity contribution in [1.29, 1.82) is 0 Å². The van der Waals surface area contributed by atoms with Crippen LogP contribution in [0.3, 0.4) is 0 Å². The summed E-state index contributed by atoms with van der Waals surface area (Å²) in [6, 6.07) is 0.131. The van der Waals surface area contributed by atoms with E-state index >= 15 is 0 Å². The predicted octanol–water partition coefficient (Wildman–Crippen LogP) is 0.471. The molecular weight excluding hydrogens is 268 g/mol. The summed E-state index contributed by atoms with van der Waals surface area (Å²) in [7, 11) is -3.59. The Kier molecular flexibility index (Phi) is 6.22. The van der Waals surface area contributed by atoms with E-state index in [1.165, 1.54) is 4.31 Å². The molecular formula is C12H24N2O4S. The van der Waals surface area contributed by atoms with Gasteiger partial charge < -0.3 is 10.5 Å². The third-order valence-electron chi connectivity index (χ3n) is 3.42. The molecule has 0 atom stereocenters. The van der Waals surface area contributed by atoms with E-state index in [9.17, 15) is 13.2 Å². The van der Waals surface area contributed by atoms with Gasteiger partial charge >= 0.3 is 5.97 Å². The van der Waals surface area contributed by atoms with Crippen LogP contribution in [0.1, 0.15) is 39.5 Å². The molecule has 0 aromatic rings. The third kappa shape index (κ3) is 4.74. The number of hydrogen-bond donors (Lipinski definition) is 1. The van der Waals surface area contributed by atoms with E-state index in [4.69, 9.17) is 10.5 Å². The maximum Gasteiger partial charge on any atom is 0.322 e. The fourth-order valence-electron chi connectivity index (χ4n) is 2.51. The van der Waals surface area contributed by atoms with E-state index in [1.54, 1.807) is 13.8 Å². The molecule has 0 bridgehead atoms. The van der Waals surface area contributed by atoms with Crippen LogP contribution < -0.4 is 5.73 Å². The van der Waals surface area contributed by atoms with Crippen LogP contribution in [0.2, 0.25) is 0 Å². The van der Waals surface area contributed by atoms with Gasteiger partial charge in [0.05, 0.1) is 6.61 Å². The van der Waals surface area contributed by atoms with Crippen LogP contribution in [0.25, 0.3) is 0 Å². The number of carbonyl (C=O) groups is 1. The number of nitrogens with two attached hydrogens (primary N) is 1. The molecule has 0 saturated heterocycles. The Morgan fingerprint density at radius 2 is 1.84 bits per heavy atom. The van der Waals surface area contributed by atoms with Crippen LogP contribution in [0, 0.1) is 0 Å². The summed E-state index contributed by atoms with van der Waals surface area (Å²) >= 11 is 0. The second-order valence-corrected chi connectivity index (χ2v) is 6.75. The highest BCUT2D eigenvalue weighted by atomic mass is 32.2. The van der Waals surface area contributed by atoms with Gasteiger partial charge in [0.2, 0.25) is 10.0 Å². The van der Waals surface area contributed by atoms with Gasteiger partial charge in [0.25, 0.3) is 0 Å². The van der Waals surface area contributed by atoms with Crippen LogP contribution in [-0.4, -0.2) is 49.7 Å². The molecule has 0 heterocycles. The molecule has 1 aliphatic rings. The lowest BCUT2D eigenvalue weighted by Crippen LogP contribution is -2.46. The van der Waals surface area contributed by atoms with E-state index in [1.807, 2.05) is 0 Å². The Balaban J connectivity index is 2.69. The Hall–Kier alpha value is -0.660. The monoisotopic (exact) mass is 292 g/mol. The molecule has 1 aliphatic carbocycles. The quantitative estimate of drug-likeness (QED) is 0.719. The van der Waals surface area contributed by atoms with Crippen molar-refractivity contribution in [3.8, 4) is 0 Å². The van der Waals surface area contributed by atoms with Gasteiger partial charge in [-0.2, -0.15) is 4.31 Å². The van der Waals surface area contributed by atoms with Gasteiger partial charge in [0.1, 0.15) is 0 Å². The van der Waals surface area contributed by atoms with Crippen LogP contribution in [0.4, 0.5) is 0 Å². The fourth-order valence-corrected chi connectivity index (χ4v) is 4.11. The first-order chi connectivity index (χ1) is 8.90. The molecule has 1 fully saturated rings. The van der Waals surface area contributed by atoms with Gasteiger partial charge in [0.15, 0.2) is 5.75 Å². The molecule has 0 aromatic heterocycles. The summed E-state index contributed by atoms with van der Waals surface area (Å²) in [5, 5.41) is 0. The maximum absolute atomic E-state index is 12.2. The minimum absolute atomic E-state index is 0.0378. The highest BCUT2D eigenvalue weighted by Crippen LogP contribution is 2.24. The van der Waals surface area contributed by atoms with E-state index in [0.29, 0.717) is 6.54 Å². The molecule has 2 N–H and O–H groups in total. The number of rotatable bonds is 6. The topological polar surface area (TPSA) is 89.7 Å². The number of sulfonamides is 1. The number of carbonyl (C=O) groups excluding carboxylic acids is 1. The second-order valence-electron chi connectivity index (χ2n) is 4.83. The van der Waals surface area contributed by atoms with Crippen LogP contribution in [-0.2, 0) is 19.6 Å². The van der Waals surface area contributed by atoms with Gasteiger partial charge in [-0.25, -0.2) is 8.42 Å². The largest absolute Gasteiger partial charge is 0.465 e. The Labute approximate surface area is 115 Å². The first kappa shape index (κ1) is 16.4. The van der Waals surface area contributed by atoms with Gasteiger partial charge in [-0.05, 0) is 32.6 Å². The van der Waals surface area contributed by atoms with Crippen molar-refractivity contribution in [1.82, 2.24) is 4.31 Å². The highest BCUT2D eigenvalue weighted by Gasteiger charge is 2.33. The molecule has 0 spiro atoms. The zero-order chi connectivity index (χ0) is 14.5. The minimum atomic E-state index is -3.59.